The maximum Gasteiger partial charge on any atom is 0.272 e. The number of carbonyl (C=O) groups excluding carboxylic acids is 1. The zero-order valence-electron chi connectivity index (χ0n) is 13.6. The zero-order chi connectivity index (χ0) is 15.8. The van der Waals surface area contributed by atoms with Gasteiger partial charge in [-0.15, -0.1) is 0 Å². The predicted molar refractivity (Wildman–Crippen MR) is 85.2 cm³/mol. The number of aryl methyl sites for hydroxylation is 1. The van der Waals surface area contributed by atoms with Gasteiger partial charge in [0.1, 0.15) is 17.9 Å². The molecule has 124 valence electrons. The molecule has 0 bridgehead atoms. The van der Waals surface area contributed by atoms with Gasteiger partial charge in [0.15, 0.2) is 0 Å². The van der Waals surface area contributed by atoms with E-state index in [4.69, 9.17) is 9.47 Å². The van der Waals surface area contributed by atoms with E-state index in [9.17, 15) is 4.79 Å². The van der Waals surface area contributed by atoms with Crippen LogP contribution >= 0.6 is 0 Å². The van der Waals surface area contributed by atoms with Gasteiger partial charge in [0.05, 0.1) is 12.6 Å². The van der Waals surface area contributed by atoms with E-state index in [1.807, 2.05) is 24.0 Å². The lowest BCUT2D eigenvalue weighted by Crippen LogP contribution is -2.44. The normalized spacial score (nSPS) is 30.3. The second-order valence-corrected chi connectivity index (χ2v) is 6.98. The van der Waals surface area contributed by atoms with Gasteiger partial charge in [-0.2, -0.15) is 0 Å². The van der Waals surface area contributed by atoms with Gasteiger partial charge in [-0.05, 0) is 50.7 Å². The first-order chi connectivity index (χ1) is 11.2. The summed E-state index contributed by atoms with van der Waals surface area (Å²) in [4.78, 5) is 19.2. The molecule has 1 aromatic heterocycles. The molecule has 3 aliphatic rings. The molecule has 23 heavy (non-hydrogen) atoms. The fourth-order valence-corrected chi connectivity index (χ4v) is 3.64. The summed E-state index contributed by atoms with van der Waals surface area (Å²) >= 11 is 0. The number of amides is 1. The number of hydrogen-bond acceptors (Lipinski definition) is 4. The molecule has 1 amide bonds. The Hall–Kier alpha value is -1.46. The van der Waals surface area contributed by atoms with Crippen LogP contribution in [0.15, 0.2) is 18.2 Å². The fourth-order valence-electron chi connectivity index (χ4n) is 3.64. The summed E-state index contributed by atoms with van der Waals surface area (Å²) in [7, 11) is 0. The van der Waals surface area contributed by atoms with Crippen LogP contribution in [0.1, 0.15) is 41.9 Å². The number of nitrogens with zero attached hydrogens (tertiary/aromatic N) is 2. The minimum absolute atomic E-state index is 0.00622. The van der Waals surface area contributed by atoms with Crippen LogP contribution in [0.5, 0.6) is 0 Å². The van der Waals surface area contributed by atoms with E-state index in [2.05, 4.69) is 4.98 Å². The van der Waals surface area contributed by atoms with Gasteiger partial charge in [0.25, 0.3) is 5.91 Å². The molecular formula is C18H24N2O3. The Labute approximate surface area is 137 Å². The highest BCUT2D eigenvalue weighted by Gasteiger charge is 2.47. The lowest BCUT2D eigenvalue weighted by Gasteiger charge is -2.32. The molecule has 1 aliphatic carbocycles. The van der Waals surface area contributed by atoms with E-state index in [0.717, 1.165) is 37.7 Å². The summed E-state index contributed by atoms with van der Waals surface area (Å²) < 4.78 is 12.1. The van der Waals surface area contributed by atoms with Crippen LogP contribution in [0.4, 0.5) is 0 Å². The molecule has 3 atom stereocenters. The van der Waals surface area contributed by atoms with E-state index in [1.165, 1.54) is 12.8 Å². The Morgan fingerprint density at radius 3 is 3.04 bits per heavy atom. The molecule has 1 aromatic rings. The topological polar surface area (TPSA) is 51.7 Å². The summed E-state index contributed by atoms with van der Waals surface area (Å²) in [6.45, 7) is 4.11. The monoisotopic (exact) mass is 316 g/mol. The van der Waals surface area contributed by atoms with Crippen LogP contribution in [0.3, 0.4) is 0 Å². The summed E-state index contributed by atoms with van der Waals surface area (Å²) in [5.74, 6) is 0.729. The first-order valence-corrected chi connectivity index (χ1v) is 8.70. The van der Waals surface area contributed by atoms with Crippen molar-refractivity contribution < 1.29 is 14.3 Å². The van der Waals surface area contributed by atoms with Gasteiger partial charge >= 0.3 is 0 Å². The van der Waals surface area contributed by atoms with Crippen LogP contribution in [-0.2, 0) is 9.47 Å². The SMILES string of the molecule is Cc1cccc(C(=O)N2C[C@@H](OCC3CC3)[C@@H]3OCCC[C@@H]32)n1. The Balaban J connectivity index is 1.51. The third-order valence-electron chi connectivity index (χ3n) is 5.09. The third kappa shape index (κ3) is 3.12. The van der Waals surface area contributed by atoms with E-state index in [1.54, 1.807) is 6.07 Å². The molecule has 0 aromatic carbocycles. The molecule has 3 heterocycles. The molecule has 5 nitrogen and oxygen atoms in total. The van der Waals surface area contributed by atoms with Gasteiger partial charge in [-0.3, -0.25) is 4.79 Å². The third-order valence-corrected chi connectivity index (χ3v) is 5.09. The predicted octanol–water partition coefficient (Wildman–Crippen LogP) is 2.19. The number of pyridine rings is 1. The van der Waals surface area contributed by atoms with Gasteiger partial charge < -0.3 is 14.4 Å². The number of hydrogen-bond donors (Lipinski definition) is 0. The van der Waals surface area contributed by atoms with Crippen LogP contribution in [-0.4, -0.2) is 53.8 Å². The van der Waals surface area contributed by atoms with Crippen molar-refractivity contribution in [3.05, 3.63) is 29.6 Å². The van der Waals surface area contributed by atoms with Crippen LogP contribution in [0, 0.1) is 12.8 Å². The average Bonchev–Trinajstić information content (AvgIpc) is 3.33. The summed E-state index contributed by atoms with van der Waals surface area (Å²) in [6, 6.07) is 5.73. The highest BCUT2D eigenvalue weighted by atomic mass is 16.5. The Bertz CT molecular complexity index is 587. The second kappa shape index (κ2) is 6.21. The van der Waals surface area contributed by atoms with Crippen LogP contribution in [0.25, 0.3) is 0 Å². The number of fused-ring (bicyclic) bond motifs is 1. The second-order valence-electron chi connectivity index (χ2n) is 6.98. The molecule has 3 fully saturated rings. The van der Waals surface area contributed by atoms with E-state index < -0.39 is 0 Å². The van der Waals surface area contributed by atoms with E-state index in [-0.39, 0.29) is 24.2 Å². The van der Waals surface area contributed by atoms with Crippen molar-refractivity contribution in [1.82, 2.24) is 9.88 Å². The molecule has 2 aliphatic heterocycles. The van der Waals surface area contributed by atoms with Gasteiger partial charge in [-0.25, -0.2) is 4.98 Å². The summed E-state index contributed by atoms with van der Waals surface area (Å²) in [5, 5.41) is 0. The molecule has 0 N–H and O–H groups in total. The first kappa shape index (κ1) is 15.1. The van der Waals surface area contributed by atoms with Crippen molar-refractivity contribution in [3.63, 3.8) is 0 Å². The molecule has 1 saturated carbocycles. The van der Waals surface area contributed by atoms with E-state index >= 15 is 0 Å². The fraction of sp³-hybridized carbons (Fsp3) is 0.667. The number of rotatable bonds is 4. The van der Waals surface area contributed by atoms with Crippen molar-refractivity contribution >= 4 is 5.91 Å². The van der Waals surface area contributed by atoms with Crippen molar-refractivity contribution in [3.8, 4) is 0 Å². The van der Waals surface area contributed by atoms with Crippen LogP contribution in [0.2, 0.25) is 0 Å². The van der Waals surface area contributed by atoms with Gasteiger partial charge in [0, 0.05) is 18.9 Å². The largest absolute Gasteiger partial charge is 0.373 e. The maximum absolute atomic E-state index is 12.9. The Morgan fingerprint density at radius 1 is 1.39 bits per heavy atom. The highest BCUT2D eigenvalue weighted by Crippen LogP contribution is 2.34. The van der Waals surface area contributed by atoms with Crippen molar-refractivity contribution in [2.24, 2.45) is 5.92 Å². The minimum atomic E-state index is 0.00622. The smallest absolute Gasteiger partial charge is 0.272 e. The number of ether oxygens (including phenoxy) is 2. The zero-order valence-corrected chi connectivity index (χ0v) is 13.6. The molecular weight excluding hydrogens is 292 g/mol. The van der Waals surface area contributed by atoms with Gasteiger partial charge in [-0.1, -0.05) is 6.07 Å². The van der Waals surface area contributed by atoms with Crippen molar-refractivity contribution in [1.29, 1.82) is 0 Å². The molecule has 0 spiro atoms. The Morgan fingerprint density at radius 2 is 2.26 bits per heavy atom. The molecule has 4 rings (SSSR count). The maximum atomic E-state index is 12.9. The number of likely N-dealkylation sites (tertiary alicyclic amines) is 1. The van der Waals surface area contributed by atoms with Crippen molar-refractivity contribution in [2.45, 2.75) is 50.9 Å². The lowest BCUT2D eigenvalue weighted by molar-refractivity contribution is -0.0781. The number of aromatic nitrogens is 1. The standard InChI is InChI=1S/C18H24N2O3/c1-12-4-2-5-14(19-12)18(21)20-10-16(23-11-13-7-8-13)17-15(20)6-3-9-22-17/h2,4-5,13,15-17H,3,6-11H2,1H3/t15-,16+,17+/m0/s1. The molecule has 2 saturated heterocycles. The summed E-state index contributed by atoms with van der Waals surface area (Å²) in [5.41, 5.74) is 1.39. The minimum Gasteiger partial charge on any atom is -0.373 e. The van der Waals surface area contributed by atoms with E-state index in [0.29, 0.717) is 12.2 Å². The average molecular weight is 316 g/mol. The summed E-state index contributed by atoms with van der Waals surface area (Å²) in [6.07, 6.45) is 4.58. The molecule has 5 heteroatoms. The lowest BCUT2D eigenvalue weighted by atomic mass is 10.0. The highest BCUT2D eigenvalue weighted by molar-refractivity contribution is 5.93. The first-order valence-electron chi connectivity index (χ1n) is 8.70. The van der Waals surface area contributed by atoms with Gasteiger partial charge in [0.2, 0.25) is 0 Å². The number of carbonyl (C=O) groups is 1. The molecule has 0 radical (unpaired) electrons. The van der Waals surface area contributed by atoms with Crippen LogP contribution < -0.4 is 0 Å². The molecule has 0 unspecified atom stereocenters. The Kier molecular flexibility index (Phi) is 4.07. The van der Waals surface area contributed by atoms with Crippen molar-refractivity contribution in [2.75, 3.05) is 19.8 Å². The quantitative estimate of drug-likeness (QED) is 0.854.